The van der Waals surface area contributed by atoms with Crippen LogP contribution in [0.15, 0.2) is 12.2 Å². The zero-order valence-corrected chi connectivity index (χ0v) is 14.4. The highest BCUT2D eigenvalue weighted by Crippen LogP contribution is 2.38. The smallest absolute Gasteiger partial charge is 0.317 e. The van der Waals surface area contributed by atoms with Gasteiger partial charge in [-0.1, -0.05) is 53.2 Å². The van der Waals surface area contributed by atoms with Crippen molar-refractivity contribution in [3.63, 3.8) is 0 Å². The van der Waals surface area contributed by atoms with Gasteiger partial charge in [-0.25, -0.2) is 4.79 Å². The van der Waals surface area contributed by atoms with E-state index in [1.54, 1.807) is 0 Å². The van der Waals surface area contributed by atoms with Crippen molar-refractivity contribution in [3.05, 3.63) is 12.2 Å². The van der Waals surface area contributed by atoms with Crippen LogP contribution in [-0.4, -0.2) is 29.6 Å². The third kappa shape index (κ3) is 3.44. The van der Waals surface area contributed by atoms with Crippen molar-refractivity contribution < 1.29 is 4.79 Å². The summed E-state index contributed by atoms with van der Waals surface area (Å²) in [5, 5.41) is 3.24. The molecule has 4 atom stereocenters. The summed E-state index contributed by atoms with van der Waals surface area (Å²) < 4.78 is 0. The first kappa shape index (κ1) is 16.4. The molecule has 1 saturated heterocycles. The van der Waals surface area contributed by atoms with Gasteiger partial charge >= 0.3 is 6.03 Å². The van der Waals surface area contributed by atoms with Crippen LogP contribution in [0.2, 0.25) is 0 Å². The van der Waals surface area contributed by atoms with Gasteiger partial charge in [-0.2, -0.15) is 0 Å². The van der Waals surface area contributed by atoms with Gasteiger partial charge in [0.25, 0.3) is 0 Å². The maximum absolute atomic E-state index is 12.6. The maximum Gasteiger partial charge on any atom is 0.317 e. The summed E-state index contributed by atoms with van der Waals surface area (Å²) in [7, 11) is 0. The lowest BCUT2D eigenvalue weighted by Crippen LogP contribution is -2.61. The molecule has 4 unspecified atom stereocenters. The number of carbonyl (C=O) groups is 1. The van der Waals surface area contributed by atoms with E-state index < -0.39 is 0 Å². The van der Waals surface area contributed by atoms with E-state index in [4.69, 9.17) is 0 Å². The summed E-state index contributed by atoms with van der Waals surface area (Å²) in [6, 6.07) is 0.806. The van der Waals surface area contributed by atoms with Crippen molar-refractivity contribution in [3.8, 4) is 0 Å². The Hall–Kier alpha value is -0.990. The minimum Gasteiger partial charge on any atom is -0.335 e. The molecule has 2 amide bonds. The first-order valence-corrected chi connectivity index (χ1v) is 8.47. The summed E-state index contributed by atoms with van der Waals surface area (Å²) in [5.74, 6) is 1.09. The van der Waals surface area contributed by atoms with E-state index in [1.165, 1.54) is 5.57 Å². The highest BCUT2D eigenvalue weighted by atomic mass is 16.2. The van der Waals surface area contributed by atoms with E-state index in [2.05, 4.69) is 51.4 Å². The molecule has 1 aliphatic heterocycles. The molecule has 2 aliphatic rings. The fraction of sp³-hybridized carbons (Fsp3) is 0.833. The summed E-state index contributed by atoms with van der Waals surface area (Å²) in [5.41, 5.74) is 1.49. The normalized spacial score (nSPS) is 34.8. The van der Waals surface area contributed by atoms with Gasteiger partial charge < -0.3 is 10.2 Å². The molecule has 21 heavy (non-hydrogen) atoms. The van der Waals surface area contributed by atoms with Crippen LogP contribution in [-0.2, 0) is 0 Å². The van der Waals surface area contributed by atoms with Crippen LogP contribution in [0.4, 0.5) is 4.79 Å². The summed E-state index contributed by atoms with van der Waals surface area (Å²) in [6.45, 7) is 16.2. The van der Waals surface area contributed by atoms with Crippen LogP contribution >= 0.6 is 0 Å². The van der Waals surface area contributed by atoms with Gasteiger partial charge in [0.15, 0.2) is 0 Å². The largest absolute Gasteiger partial charge is 0.335 e. The number of nitrogens with zero attached hydrogens (tertiary/aromatic N) is 1. The zero-order valence-electron chi connectivity index (χ0n) is 14.4. The fourth-order valence-electron chi connectivity index (χ4n) is 4.17. The lowest BCUT2D eigenvalue weighted by molar-refractivity contribution is 0.0678. The molecular formula is C18H32N2O. The molecule has 2 fully saturated rings. The van der Waals surface area contributed by atoms with Crippen LogP contribution in [0.1, 0.15) is 60.3 Å². The fourth-order valence-corrected chi connectivity index (χ4v) is 4.17. The Kier molecular flexibility index (Phi) is 4.69. The summed E-state index contributed by atoms with van der Waals surface area (Å²) in [6.07, 6.45) is 4.32. The molecule has 120 valence electrons. The third-order valence-electron chi connectivity index (χ3n) is 5.37. The van der Waals surface area contributed by atoms with Crippen molar-refractivity contribution in [1.82, 2.24) is 10.2 Å². The molecule has 0 spiro atoms. The Morgan fingerprint density at radius 2 is 2.00 bits per heavy atom. The molecular weight excluding hydrogens is 260 g/mol. The monoisotopic (exact) mass is 292 g/mol. The average Bonchev–Trinajstić information content (AvgIpc) is 2.37. The standard InChI is InChI=1S/C18H32N2O/c1-7-14-11-12(2)10-13(3)16(14)20-9-8-15(18(4,5)6)19-17(20)21/h13-16H,2,7-11H2,1,3-6H3,(H,19,21). The van der Waals surface area contributed by atoms with Crippen LogP contribution < -0.4 is 5.32 Å². The van der Waals surface area contributed by atoms with E-state index in [0.717, 1.165) is 32.2 Å². The maximum atomic E-state index is 12.6. The first-order valence-electron chi connectivity index (χ1n) is 8.47. The molecule has 0 aromatic carbocycles. The molecule has 1 N–H and O–H groups in total. The molecule has 1 heterocycles. The Morgan fingerprint density at radius 3 is 2.52 bits per heavy atom. The van der Waals surface area contributed by atoms with Crippen molar-refractivity contribution >= 4 is 6.03 Å². The van der Waals surface area contributed by atoms with Crippen molar-refractivity contribution in [1.29, 1.82) is 0 Å². The van der Waals surface area contributed by atoms with E-state index in [9.17, 15) is 4.79 Å². The molecule has 0 aromatic heterocycles. The van der Waals surface area contributed by atoms with E-state index in [-0.39, 0.29) is 17.5 Å². The van der Waals surface area contributed by atoms with Crippen LogP contribution in [0, 0.1) is 17.3 Å². The third-order valence-corrected chi connectivity index (χ3v) is 5.37. The topological polar surface area (TPSA) is 32.3 Å². The number of hydrogen-bond acceptors (Lipinski definition) is 1. The number of nitrogens with one attached hydrogen (secondary N) is 1. The lowest BCUT2D eigenvalue weighted by atomic mass is 9.73. The minimum absolute atomic E-state index is 0.137. The van der Waals surface area contributed by atoms with Gasteiger partial charge in [-0.05, 0) is 36.5 Å². The number of allylic oxidation sites excluding steroid dienone is 1. The molecule has 3 heteroatoms. The second kappa shape index (κ2) is 6.02. The second-order valence-corrected chi connectivity index (χ2v) is 8.14. The Bertz CT molecular complexity index is 410. The molecule has 2 rings (SSSR count). The number of rotatable bonds is 2. The van der Waals surface area contributed by atoms with Crippen molar-refractivity contribution in [2.75, 3.05) is 6.54 Å². The number of hydrogen-bond donors (Lipinski definition) is 1. The van der Waals surface area contributed by atoms with Gasteiger partial charge in [0, 0.05) is 18.6 Å². The molecule has 3 nitrogen and oxygen atoms in total. The van der Waals surface area contributed by atoms with E-state index in [1.807, 2.05) is 0 Å². The zero-order chi connectivity index (χ0) is 15.8. The summed E-state index contributed by atoms with van der Waals surface area (Å²) in [4.78, 5) is 14.8. The molecule has 0 radical (unpaired) electrons. The highest BCUT2D eigenvalue weighted by molar-refractivity contribution is 5.76. The number of urea groups is 1. The SMILES string of the molecule is C=C1CC(C)C(N2CCC(C(C)(C)C)NC2=O)C(CC)C1. The van der Waals surface area contributed by atoms with Crippen LogP contribution in [0.25, 0.3) is 0 Å². The highest BCUT2D eigenvalue weighted by Gasteiger charge is 2.41. The first-order chi connectivity index (χ1) is 9.74. The van der Waals surface area contributed by atoms with Crippen molar-refractivity contribution in [2.24, 2.45) is 17.3 Å². The Balaban J connectivity index is 2.11. The van der Waals surface area contributed by atoms with Gasteiger partial charge in [0.2, 0.25) is 0 Å². The van der Waals surface area contributed by atoms with Gasteiger partial charge in [0.05, 0.1) is 0 Å². The average molecular weight is 292 g/mol. The van der Waals surface area contributed by atoms with Crippen LogP contribution in [0.3, 0.4) is 0 Å². The van der Waals surface area contributed by atoms with Gasteiger partial charge in [-0.15, -0.1) is 0 Å². The lowest BCUT2D eigenvalue weighted by Gasteiger charge is -2.48. The predicted octanol–water partition coefficient (Wildman–Crippen LogP) is 4.20. The molecule has 1 aliphatic carbocycles. The molecule has 1 saturated carbocycles. The quantitative estimate of drug-likeness (QED) is 0.760. The van der Waals surface area contributed by atoms with Crippen LogP contribution in [0.5, 0.6) is 0 Å². The van der Waals surface area contributed by atoms with Gasteiger partial charge in [0.1, 0.15) is 0 Å². The van der Waals surface area contributed by atoms with Crippen molar-refractivity contribution in [2.45, 2.75) is 72.4 Å². The Morgan fingerprint density at radius 1 is 1.33 bits per heavy atom. The number of amides is 2. The molecule has 0 aromatic rings. The molecule has 0 bridgehead atoms. The second-order valence-electron chi connectivity index (χ2n) is 8.14. The van der Waals surface area contributed by atoms with Gasteiger partial charge in [-0.3, -0.25) is 0 Å². The number of carbonyl (C=O) groups excluding carboxylic acids is 1. The summed E-state index contributed by atoms with van der Waals surface area (Å²) >= 11 is 0. The minimum atomic E-state index is 0.137. The Labute approximate surface area is 130 Å². The van der Waals surface area contributed by atoms with E-state index >= 15 is 0 Å². The van der Waals surface area contributed by atoms with E-state index in [0.29, 0.717) is 17.9 Å². The predicted molar refractivity (Wildman–Crippen MR) is 88.2 cm³/mol.